The zero-order chi connectivity index (χ0) is 17.1. The summed E-state index contributed by atoms with van der Waals surface area (Å²) < 4.78 is 0. The Bertz CT molecular complexity index is 894. The molecule has 1 aliphatic rings. The van der Waals surface area contributed by atoms with Gasteiger partial charge in [-0.25, -0.2) is 4.98 Å². The third kappa shape index (κ3) is 3.30. The second-order valence-electron chi connectivity index (χ2n) is 6.35. The van der Waals surface area contributed by atoms with Crippen molar-refractivity contribution in [2.45, 2.75) is 25.4 Å². The number of likely N-dealkylation sites (tertiary alicyclic amines) is 1. The number of H-pyrrole nitrogens is 1. The molecule has 4 rings (SSSR count). The number of nitrogens with one attached hydrogen (secondary N) is 1. The van der Waals surface area contributed by atoms with Gasteiger partial charge >= 0.3 is 0 Å². The highest BCUT2D eigenvalue weighted by Gasteiger charge is 2.28. The first-order chi connectivity index (χ1) is 12.3. The molecule has 0 radical (unpaired) electrons. The summed E-state index contributed by atoms with van der Waals surface area (Å²) in [5.41, 5.74) is 2.89. The van der Waals surface area contributed by atoms with Crippen molar-refractivity contribution in [3.8, 4) is 17.5 Å². The summed E-state index contributed by atoms with van der Waals surface area (Å²) in [5.74, 6) is 1.67. The molecule has 5 heteroatoms. The third-order valence-corrected chi connectivity index (χ3v) is 4.66. The van der Waals surface area contributed by atoms with Gasteiger partial charge in [0.15, 0.2) is 5.82 Å². The lowest BCUT2D eigenvalue weighted by molar-refractivity contribution is 0.240. The smallest absolute Gasteiger partial charge is 0.181 e. The van der Waals surface area contributed by atoms with Crippen LogP contribution in [0.5, 0.6) is 0 Å². The average molecular weight is 329 g/mol. The molecule has 1 unspecified atom stereocenters. The Morgan fingerprint density at radius 2 is 2.04 bits per heavy atom. The van der Waals surface area contributed by atoms with E-state index in [-0.39, 0.29) is 6.04 Å². The molecule has 0 aliphatic carbocycles. The molecule has 0 amide bonds. The van der Waals surface area contributed by atoms with Gasteiger partial charge in [-0.05, 0) is 37.1 Å². The van der Waals surface area contributed by atoms with Gasteiger partial charge in [0.05, 0.1) is 17.7 Å². The standard InChI is InChI=1S/C20H19N5/c21-13-15-6-4-7-16(12-15)14-25-11-5-10-18(25)20-22-19(23-24-20)17-8-2-1-3-9-17/h1-4,6-9,12,18H,5,10-11,14H2,(H,22,23,24). The molecular formula is C20H19N5. The monoisotopic (exact) mass is 329 g/mol. The number of aromatic nitrogens is 3. The zero-order valence-electron chi connectivity index (χ0n) is 13.9. The summed E-state index contributed by atoms with van der Waals surface area (Å²) in [7, 11) is 0. The summed E-state index contributed by atoms with van der Waals surface area (Å²) >= 11 is 0. The van der Waals surface area contributed by atoms with Crippen molar-refractivity contribution in [3.05, 3.63) is 71.5 Å². The fourth-order valence-corrected chi connectivity index (χ4v) is 3.44. The number of aromatic amines is 1. The van der Waals surface area contributed by atoms with E-state index >= 15 is 0 Å². The van der Waals surface area contributed by atoms with Crippen molar-refractivity contribution in [2.24, 2.45) is 0 Å². The maximum Gasteiger partial charge on any atom is 0.181 e. The maximum atomic E-state index is 9.08. The van der Waals surface area contributed by atoms with Crippen LogP contribution in [0.1, 0.15) is 35.8 Å². The summed E-state index contributed by atoms with van der Waals surface area (Å²) in [4.78, 5) is 7.14. The van der Waals surface area contributed by atoms with Gasteiger partial charge < -0.3 is 0 Å². The molecule has 1 fully saturated rings. The van der Waals surface area contributed by atoms with E-state index in [2.05, 4.69) is 27.2 Å². The summed E-state index contributed by atoms with van der Waals surface area (Å²) in [6, 6.07) is 20.3. The number of nitrogens with zero attached hydrogens (tertiary/aromatic N) is 4. The highest BCUT2D eigenvalue weighted by Crippen LogP contribution is 2.32. The van der Waals surface area contributed by atoms with Gasteiger partial charge in [-0.2, -0.15) is 10.4 Å². The predicted molar refractivity (Wildman–Crippen MR) is 95.4 cm³/mol. The molecule has 2 heterocycles. The van der Waals surface area contributed by atoms with Crippen LogP contribution < -0.4 is 0 Å². The van der Waals surface area contributed by atoms with Gasteiger partial charge in [0.1, 0.15) is 5.82 Å². The largest absolute Gasteiger partial charge is 0.289 e. The van der Waals surface area contributed by atoms with E-state index in [4.69, 9.17) is 10.2 Å². The van der Waals surface area contributed by atoms with E-state index in [1.54, 1.807) is 0 Å². The lowest BCUT2D eigenvalue weighted by Gasteiger charge is -2.22. The summed E-state index contributed by atoms with van der Waals surface area (Å²) in [6.45, 7) is 1.85. The molecule has 0 bridgehead atoms. The van der Waals surface area contributed by atoms with E-state index < -0.39 is 0 Å². The third-order valence-electron chi connectivity index (χ3n) is 4.66. The van der Waals surface area contributed by atoms with Crippen molar-refractivity contribution < 1.29 is 0 Å². The molecule has 0 saturated carbocycles. The first-order valence-corrected chi connectivity index (χ1v) is 8.54. The molecule has 1 aromatic heterocycles. The highest BCUT2D eigenvalue weighted by molar-refractivity contribution is 5.53. The number of nitriles is 1. The Morgan fingerprint density at radius 1 is 1.16 bits per heavy atom. The van der Waals surface area contributed by atoms with E-state index in [1.807, 2.05) is 48.5 Å². The van der Waals surface area contributed by atoms with E-state index in [9.17, 15) is 0 Å². The molecule has 25 heavy (non-hydrogen) atoms. The van der Waals surface area contributed by atoms with Crippen LogP contribution >= 0.6 is 0 Å². The van der Waals surface area contributed by atoms with Crippen LogP contribution in [0.3, 0.4) is 0 Å². The minimum absolute atomic E-state index is 0.246. The SMILES string of the molecule is N#Cc1cccc(CN2CCCC2c2nc(-c3ccccc3)n[nH]2)c1. The summed E-state index contributed by atoms with van der Waals surface area (Å²) in [5, 5.41) is 16.6. The van der Waals surface area contributed by atoms with Gasteiger partial charge in [0.25, 0.3) is 0 Å². The maximum absolute atomic E-state index is 9.08. The predicted octanol–water partition coefficient (Wildman–Crippen LogP) is 3.68. The molecule has 1 saturated heterocycles. The van der Waals surface area contributed by atoms with Crippen LogP contribution in [-0.2, 0) is 6.54 Å². The second-order valence-corrected chi connectivity index (χ2v) is 6.35. The lowest BCUT2D eigenvalue weighted by Crippen LogP contribution is -2.23. The molecular weight excluding hydrogens is 310 g/mol. The van der Waals surface area contributed by atoms with Crippen LogP contribution in [-0.4, -0.2) is 26.6 Å². The van der Waals surface area contributed by atoms with Crippen LogP contribution in [0.2, 0.25) is 0 Å². The molecule has 5 nitrogen and oxygen atoms in total. The van der Waals surface area contributed by atoms with Crippen molar-refractivity contribution in [3.63, 3.8) is 0 Å². The van der Waals surface area contributed by atoms with Crippen molar-refractivity contribution in [2.75, 3.05) is 6.54 Å². The molecule has 3 aromatic rings. The fraction of sp³-hybridized carbons (Fsp3) is 0.250. The van der Waals surface area contributed by atoms with Crippen molar-refractivity contribution in [1.82, 2.24) is 20.1 Å². The van der Waals surface area contributed by atoms with E-state index in [0.29, 0.717) is 5.56 Å². The molecule has 1 N–H and O–H groups in total. The van der Waals surface area contributed by atoms with E-state index in [1.165, 1.54) is 0 Å². The Hall–Kier alpha value is -2.97. The van der Waals surface area contributed by atoms with Gasteiger partial charge in [0, 0.05) is 12.1 Å². The summed E-state index contributed by atoms with van der Waals surface area (Å²) in [6.07, 6.45) is 2.21. The number of hydrogen-bond acceptors (Lipinski definition) is 4. The van der Waals surface area contributed by atoms with Crippen LogP contribution in [0.15, 0.2) is 54.6 Å². The quantitative estimate of drug-likeness (QED) is 0.793. The minimum Gasteiger partial charge on any atom is -0.289 e. The zero-order valence-corrected chi connectivity index (χ0v) is 13.9. The first-order valence-electron chi connectivity index (χ1n) is 8.54. The van der Waals surface area contributed by atoms with Crippen molar-refractivity contribution >= 4 is 0 Å². The Balaban J connectivity index is 1.54. The molecule has 2 aromatic carbocycles. The topological polar surface area (TPSA) is 68.6 Å². The Morgan fingerprint density at radius 3 is 2.88 bits per heavy atom. The van der Waals surface area contributed by atoms with Crippen molar-refractivity contribution in [1.29, 1.82) is 5.26 Å². The Kier molecular flexibility index (Phi) is 4.28. The van der Waals surface area contributed by atoms with E-state index in [0.717, 1.165) is 48.7 Å². The van der Waals surface area contributed by atoms with Gasteiger partial charge in [-0.3, -0.25) is 10.00 Å². The number of benzene rings is 2. The minimum atomic E-state index is 0.246. The first kappa shape index (κ1) is 15.6. The number of hydrogen-bond donors (Lipinski definition) is 1. The second kappa shape index (κ2) is 6.88. The fourth-order valence-electron chi connectivity index (χ4n) is 3.44. The lowest BCUT2D eigenvalue weighted by atomic mass is 10.1. The Labute approximate surface area is 146 Å². The molecule has 124 valence electrons. The van der Waals surface area contributed by atoms with Crippen LogP contribution in [0, 0.1) is 11.3 Å². The molecule has 1 aliphatic heterocycles. The van der Waals surface area contributed by atoms with Gasteiger partial charge in [-0.1, -0.05) is 42.5 Å². The number of rotatable bonds is 4. The highest BCUT2D eigenvalue weighted by atomic mass is 15.3. The van der Waals surface area contributed by atoms with Gasteiger partial charge in [0.2, 0.25) is 0 Å². The normalized spacial score (nSPS) is 17.5. The molecule has 1 atom stereocenters. The average Bonchev–Trinajstić information content (AvgIpc) is 3.32. The molecule has 0 spiro atoms. The van der Waals surface area contributed by atoms with Crippen LogP contribution in [0.4, 0.5) is 0 Å². The van der Waals surface area contributed by atoms with Crippen LogP contribution in [0.25, 0.3) is 11.4 Å². The van der Waals surface area contributed by atoms with Gasteiger partial charge in [-0.15, -0.1) is 0 Å².